The van der Waals surface area contributed by atoms with E-state index in [0.29, 0.717) is 0 Å². The molecule has 9 aromatic carbocycles. The summed E-state index contributed by atoms with van der Waals surface area (Å²) in [6, 6.07) is 71.1. The van der Waals surface area contributed by atoms with Crippen LogP contribution in [-0.4, -0.2) is 16.5 Å². The van der Waals surface area contributed by atoms with Gasteiger partial charge in [0.25, 0.3) is 0 Å². The van der Waals surface area contributed by atoms with Gasteiger partial charge >= 0.3 is 0 Å². The molecule has 3 nitrogen and oxygen atoms in total. The Labute approximate surface area is 333 Å². The largest absolute Gasteiger partial charge is 0.309 e. The number of aromatic nitrogens is 2. The summed E-state index contributed by atoms with van der Waals surface area (Å²) in [4.78, 5) is 5.54. The van der Waals surface area contributed by atoms with E-state index in [0.717, 1.165) is 15.2 Å². The molecule has 0 radical (unpaired) electrons. The van der Waals surface area contributed by atoms with Crippen LogP contribution in [0, 0.1) is 0 Å². The van der Waals surface area contributed by atoms with Crippen LogP contribution in [-0.2, 0) is 0 Å². The Balaban J connectivity index is 1.14. The van der Waals surface area contributed by atoms with Crippen LogP contribution in [0.15, 0.2) is 199 Å². The first-order valence-electron chi connectivity index (χ1n) is 19.0. The van der Waals surface area contributed by atoms with Crippen molar-refractivity contribution in [2.24, 2.45) is 4.99 Å². The molecule has 0 saturated heterocycles. The van der Waals surface area contributed by atoms with Crippen molar-refractivity contribution in [1.82, 2.24) is 9.13 Å². The van der Waals surface area contributed by atoms with E-state index in [2.05, 4.69) is 203 Å². The molecule has 2 aromatic heterocycles. The molecule has 1 aliphatic rings. The lowest BCUT2D eigenvalue weighted by Crippen LogP contribution is -2.12. The fraction of sp³-hybridized carbons (Fsp3) is 0. The summed E-state index contributed by atoms with van der Waals surface area (Å²) in [5, 5.41) is 10.0. The van der Waals surface area contributed by atoms with Gasteiger partial charge in [0.05, 0.1) is 27.8 Å². The van der Waals surface area contributed by atoms with Gasteiger partial charge in [-0.2, -0.15) is 0 Å². The molecule has 1 aliphatic heterocycles. The second-order valence-electron chi connectivity index (χ2n) is 14.5. The second-order valence-corrected chi connectivity index (χ2v) is 17.1. The topological polar surface area (TPSA) is 22.2 Å². The quantitative estimate of drug-likeness (QED) is 0.158. The molecule has 0 spiro atoms. The Kier molecular flexibility index (Phi) is 7.05. The molecule has 3 heterocycles. The van der Waals surface area contributed by atoms with Gasteiger partial charge in [-0.05, 0) is 83.9 Å². The maximum Gasteiger partial charge on any atom is 0.171 e. The number of para-hydroxylation sites is 2. The van der Waals surface area contributed by atoms with Gasteiger partial charge in [-0.1, -0.05) is 164 Å². The van der Waals surface area contributed by atoms with E-state index >= 15 is 0 Å². The molecule has 12 rings (SSSR count). The number of benzene rings is 9. The van der Waals surface area contributed by atoms with E-state index in [1.165, 1.54) is 90.9 Å². The first kappa shape index (κ1) is 31.7. The zero-order valence-electron chi connectivity index (χ0n) is 30.2. The van der Waals surface area contributed by atoms with E-state index in [4.69, 9.17) is 4.99 Å². The molecule has 0 unspecified atom stereocenters. The minimum absolute atomic E-state index is 0.711. The molecular formula is C52H32IN3. The summed E-state index contributed by atoms with van der Waals surface area (Å²) in [6.45, 7) is 0. The van der Waals surface area contributed by atoms with Gasteiger partial charge in [0.1, 0.15) is 0 Å². The SMILES string of the molecule is c1ccc(-c2ccc(C3=IC(n4c5cc(-n6c7ccccc7c7ccc8ccccc8c76)ccc5c5c6ccccc6ccc54)=Nc4ccccc43)cc2)cc1. The molecule has 11 aromatic rings. The van der Waals surface area contributed by atoms with Crippen molar-refractivity contribution in [1.29, 1.82) is 0 Å². The number of nitrogens with zero attached hydrogens (tertiary/aromatic N) is 3. The summed E-state index contributed by atoms with van der Waals surface area (Å²) in [5.74, 6) is 0. The number of fused-ring (bicyclic) bond motifs is 11. The van der Waals surface area contributed by atoms with Crippen molar-refractivity contribution >= 4 is 98.9 Å². The third kappa shape index (κ3) is 4.75. The fourth-order valence-electron chi connectivity index (χ4n) is 8.87. The van der Waals surface area contributed by atoms with E-state index in [9.17, 15) is 0 Å². The van der Waals surface area contributed by atoms with Crippen LogP contribution in [0.4, 0.5) is 5.69 Å². The zero-order valence-corrected chi connectivity index (χ0v) is 32.4. The van der Waals surface area contributed by atoms with Gasteiger partial charge in [-0.25, -0.2) is 4.99 Å². The minimum Gasteiger partial charge on any atom is -0.309 e. The van der Waals surface area contributed by atoms with E-state index < -0.39 is 20.7 Å². The van der Waals surface area contributed by atoms with Crippen molar-refractivity contribution in [2.45, 2.75) is 0 Å². The molecule has 0 amide bonds. The highest BCUT2D eigenvalue weighted by atomic mass is 127. The monoisotopic (exact) mass is 825 g/mol. The number of hydrogen-bond acceptors (Lipinski definition) is 1. The normalized spacial score (nSPS) is 13.0. The van der Waals surface area contributed by atoms with Gasteiger partial charge in [0.2, 0.25) is 0 Å². The number of aliphatic imine (C=N–C) groups is 1. The second kappa shape index (κ2) is 12.4. The first-order valence-corrected chi connectivity index (χ1v) is 21.2. The Bertz CT molecular complexity index is 3460. The fourth-order valence-corrected chi connectivity index (χ4v) is 11.9. The lowest BCUT2D eigenvalue weighted by molar-refractivity contribution is 1.18. The van der Waals surface area contributed by atoms with Gasteiger partial charge in [0, 0.05) is 41.7 Å². The number of hydrogen-bond donors (Lipinski definition) is 0. The lowest BCUT2D eigenvalue weighted by Gasteiger charge is -2.19. The molecule has 0 fully saturated rings. The Hall–Kier alpha value is -6.63. The lowest BCUT2D eigenvalue weighted by atomic mass is 9.99. The summed E-state index contributed by atoms with van der Waals surface area (Å²) < 4.78 is 7.49. The predicted octanol–water partition coefficient (Wildman–Crippen LogP) is 14.0. The maximum atomic E-state index is 5.54. The third-order valence-electron chi connectivity index (χ3n) is 11.4. The number of rotatable bonds is 3. The van der Waals surface area contributed by atoms with Crippen LogP contribution in [0.2, 0.25) is 0 Å². The summed E-state index contributed by atoms with van der Waals surface area (Å²) >= 11 is -0.711. The van der Waals surface area contributed by atoms with E-state index in [1.54, 1.807) is 0 Å². The smallest absolute Gasteiger partial charge is 0.171 e. The van der Waals surface area contributed by atoms with Crippen molar-refractivity contribution in [3.63, 3.8) is 0 Å². The van der Waals surface area contributed by atoms with E-state index in [-0.39, 0.29) is 0 Å². The first-order chi connectivity index (χ1) is 27.8. The predicted molar refractivity (Wildman–Crippen MR) is 247 cm³/mol. The molecule has 0 N–H and O–H groups in total. The average molecular weight is 826 g/mol. The van der Waals surface area contributed by atoms with E-state index in [1.807, 2.05) is 0 Å². The number of halogens is 1. The standard InChI is InChI=1S/C52H32IN3/c1-2-12-33(13-3-1)34-22-24-37(25-23-34)50-43-19-8-10-20-45(43)54-52(53-50)56-47-31-27-35-14-4-6-16-39(35)49(47)44-30-28-38(32-48(44)56)55-46-21-11-9-18-41(46)42-29-26-36-15-5-7-17-40(36)51(42)55/h1-32H. The highest BCUT2D eigenvalue weighted by Crippen LogP contribution is 2.42. The van der Waals surface area contributed by atoms with Gasteiger partial charge < -0.3 is 4.57 Å². The molecule has 0 atom stereocenters. The van der Waals surface area contributed by atoms with Gasteiger partial charge in [0.15, 0.2) is 3.84 Å². The highest BCUT2D eigenvalue weighted by molar-refractivity contribution is 14.2. The molecular weight excluding hydrogens is 793 g/mol. The average Bonchev–Trinajstić information content (AvgIpc) is 3.79. The maximum absolute atomic E-state index is 5.54. The molecule has 4 heteroatoms. The highest BCUT2D eigenvalue weighted by Gasteiger charge is 2.23. The Morgan fingerprint density at radius 3 is 1.89 bits per heavy atom. The van der Waals surface area contributed by atoms with Crippen molar-refractivity contribution in [2.75, 3.05) is 0 Å². The Morgan fingerprint density at radius 1 is 0.393 bits per heavy atom. The molecule has 56 heavy (non-hydrogen) atoms. The zero-order chi connectivity index (χ0) is 36.7. The summed E-state index contributed by atoms with van der Waals surface area (Å²) in [7, 11) is 0. The van der Waals surface area contributed by atoms with Crippen LogP contribution >= 0.6 is 20.7 Å². The van der Waals surface area contributed by atoms with Crippen LogP contribution in [0.25, 0.3) is 82.0 Å². The van der Waals surface area contributed by atoms with Crippen LogP contribution in [0.1, 0.15) is 11.1 Å². The summed E-state index contributed by atoms with van der Waals surface area (Å²) in [5.41, 5.74) is 11.9. The Morgan fingerprint density at radius 2 is 1.04 bits per heavy atom. The van der Waals surface area contributed by atoms with Crippen LogP contribution in [0.3, 0.4) is 0 Å². The molecule has 262 valence electrons. The van der Waals surface area contributed by atoms with Gasteiger partial charge in [-0.3, -0.25) is 4.57 Å². The minimum atomic E-state index is -0.711. The van der Waals surface area contributed by atoms with Gasteiger partial charge in [-0.15, -0.1) is 0 Å². The van der Waals surface area contributed by atoms with Crippen LogP contribution < -0.4 is 0 Å². The van der Waals surface area contributed by atoms with Crippen LogP contribution in [0.5, 0.6) is 0 Å². The molecule has 0 aliphatic carbocycles. The van der Waals surface area contributed by atoms with Crippen molar-refractivity contribution < 1.29 is 0 Å². The third-order valence-corrected chi connectivity index (χ3v) is 14.4. The van der Waals surface area contributed by atoms with Crippen molar-refractivity contribution in [3.8, 4) is 16.8 Å². The summed E-state index contributed by atoms with van der Waals surface area (Å²) in [6.07, 6.45) is 0. The molecule has 0 bridgehead atoms. The van der Waals surface area contributed by atoms with Crippen molar-refractivity contribution in [3.05, 3.63) is 205 Å². The molecule has 0 saturated carbocycles.